The van der Waals surface area contributed by atoms with Crippen LogP contribution in [0.2, 0.25) is 0 Å². The maximum Gasteiger partial charge on any atom is 0.259 e. The molecule has 214 valence electrons. The average molecular weight is 556 g/mol. The number of hydrogen-bond acceptors (Lipinski definition) is 7. The SMILES string of the molecule is COc1cc(C(=O)N2c3ccccc3NC3=C(C(=O)CC(C)(C)C3)[C@H]2c2ccc(N(C)C)cc2)cc(OC)c1OC. The van der Waals surface area contributed by atoms with Crippen molar-refractivity contribution in [3.8, 4) is 17.2 Å². The fraction of sp³-hybridized carbons (Fsp3) is 0.333. The van der Waals surface area contributed by atoms with Crippen LogP contribution in [0.4, 0.5) is 17.1 Å². The van der Waals surface area contributed by atoms with Gasteiger partial charge in [-0.25, -0.2) is 0 Å². The van der Waals surface area contributed by atoms with E-state index in [-0.39, 0.29) is 17.1 Å². The first kappa shape index (κ1) is 28.1. The van der Waals surface area contributed by atoms with Crippen LogP contribution >= 0.6 is 0 Å². The first-order valence-corrected chi connectivity index (χ1v) is 13.6. The maximum atomic E-state index is 14.7. The highest BCUT2D eigenvalue weighted by Crippen LogP contribution is 2.49. The second-order valence-electron chi connectivity index (χ2n) is 11.5. The molecule has 0 saturated carbocycles. The molecule has 41 heavy (non-hydrogen) atoms. The molecule has 1 aliphatic heterocycles. The molecule has 0 unspecified atom stereocenters. The van der Waals surface area contributed by atoms with Gasteiger partial charge in [0, 0.05) is 43.0 Å². The minimum atomic E-state index is -0.660. The first-order chi connectivity index (χ1) is 19.6. The molecule has 5 rings (SSSR count). The van der Waals surface area contributed by atoms with E-state index >= 15 is 0 Å². The smallest absolute Gasteiger partial charge is 0.259 e. The molecule has 8 heteroatoms. The quantitative estimate of drug-likeness (QED) is 0.386. The number of methoxy groups -OCH3 is 3. The molecule has 0 spiro atoms. The largest absolute Gasteiger partial charge is 0.493 e. The lowest BCUT2D eigenvalue weighted by atomic mass is 9.73. The third-order valence-corrected chi connectivity index (χ3v) is 7.76. The van der Waals surface area contributed by atoms with Gasteiger partial charge in [0.05, 0.1) is 38.7 Å². The zero-order chi connectivity index (χ0) is 29.5. The molecular weight excluding hydrogens is 518 g/mol. The Labute approximate surface area is 241 Å². The van der Waals surface area contributed by atoms with Gasteiger partial charge < -0.3 is 24.4 Å². The van der Waals surface area contributed by atoms with Gasteiger partial charge in [-0.05, 0) is 53.8 Å². The van der Waals surface area contributed by atoms with E-state index in [4.69, 9.17) is 14.2 Å². The highest BCUT2D eigenvalue weighted by Gasteiger charge is 2.43. The van der Waals surface area contributed by atoms with E-state index in [1.54, 1.807) is 17.0 Å². The molecule has 0 radical (unpaired) electrons. The number of carbonyl (C=O) groups is 2. The molecule has 0 saturated heterocycles. The third-order valence-electron chi connectivity index (χ3n) is 7.76. The molecule has 0 fully saturated rings. The number of benzene rings is 3. The van der Waals surface area contributed by atoms with Crippen LogP contribution in [0.5, 0.6) is 17.2 Å². The standard InChI is InChI=1S/C33H37N3O5/c1-33(2)18-24-29(26(37)19-33)30(20-12-14-22(15-13-20)35(3)4)36(25-11-9-8-10-23(25)34-24)32(38)21-16-27(39-5)31(41-7)28(17-21)40-6/h8-17,30,34H,18-19H2,1-7H3/t30-/m1/s1. The number of rotatable bonds is 6. The van der Waals surface area contributed by atoms with Gasteiger partial charge in [-0.1, -0.05) is 38.1 Å². The number of para-hydroxylation sites is 2. The van der Waals surface area contributed by atoms with Crippen LogP contribution in [0.25, 0.3) is 0 Å². The molecule has 3 aromatic rings. The van der Waals surface area contributed by atoms with Crippen molar-refractivity contribution in [2.75, 3.05) is 50.5 Å². The average Bonchev–Trinajstić information content (AvgIpc) is 3.09. The number of amides is 1. The van der Waals surface area contributed by atoms with E-state index < -0.39 is 6.04 Å². The number of nitrogens with one attached hydrogen (secondary N) is 1. The summed E-state index contributed by atoms with van der Waals surface area (Å²) >= 11 is 0. The summed E-state index contributed by atoms with van der Waals surface area (Å²) in [7, 11) is 8.52. The Balaban J connectivity index is 1.78. The Morgan fingerprint density at radius 2 is 1.56 bits per heavy atom. The zero-order valence-electron chi connectivity index (χ0n) is 24.7. The van der Waals surface area contributed by atoms with E-state index in [9.17, 15) is 9.59 Å². The predicted molar refractivity (Wildman–Crippen MR) is 162 cm³/mol. The number of carbonyl (C=O) groups excluding carboxylic acids is 2. The molecule has 1 heterocycles. The van der Waals surface area contributed by atoms with Crippen LogP contribution in [0.1, 0.15) is 48.7 Å². The fourth-order valence-electron chi connectivity index (χ4n) is 5.82. The predicted octanol–water partition coefficient (Wildman–Crippen LogP) is 6.24. The molecule has 0 bridgehead atoms. The van der Waals surface area contributed by atoms with Gasteiger partial charge in [-0.2, -0.15) is 0 Å². The van der Waals surface area contributed by atoms with E-state index in [1.807, 2.05) is 67.5 Å². The highest BCUT2D eigenvalue weighted by molar-refractivity contribution is 6.12. The number of anilines is 3. The molecule has 2 aliphatic rings. The van der Waals surface area contributed by atoms with Crippen molar-refractivity contribution >= 4 is 28.8 Å². The molecule has 0 aromatic heterocycles. The minimum Gasteiger partial charge on any atom is -0.493 e. The van der Waals surface area contributed by atoms with Crippen LogP contribution in [0, 0.1) is 5.41 Å². The number of Topliss-reactive ketones (excluding diaryl/α,β-unsaturated/α-hetero) is 1. The maximum absolute atomic E-state index is 14.7. The summed E-state index contributed by atoms with van der Waals surface area (Å²) in [6, 6.07) is 18.4. The van der Waals surface area contributed by atoms with Gasteiger partial charge >= 0.3 is 0 Å². The monoisotopic (exact) mass is 555 g/mol. The van der Waals surface area contributed by atoms with Crippen LogP contribution in [-0.2, 0) is 4.79 Å². The van der Waals surface area contributed by atoms with Gasteiger partial charge in [0.2, 0.25) is 5.75 Å². The third kappa shape index (κ3) is 5.10. The number of fused-ring (bicyclic) bond motifs is 1. The molecular formula is C33H37N3O5. The second kappa shape index (κ2) is 10.8. The van der Waals surface area contributed by atoms with E-state index in [0.717, 1.165) is 22.6 Å². The molecule has 8 nitrogen and oxygen atoms in total. The van der Waals surface area contributed by atoms with Crippen molar-refractivity contribution in [3.05, 3.63) is 83.1 Å². The molecule has 1 atom stereocenters. The van der Waals surface area contributed by atoms with Gasteiger partial charge in [-0.15, -0.1) is 0 Å². The fourth-order valence-corrected chi connectivity index (χ4v) is 5.82. The highest BCUT2D eigenvalue weighted by atomic mass is 16.5. The van der Waals surface area contributed by atoms with Crippen LogP contribution in [0.15, 0.2) is 71.9 Å². The van der Waals surface area contributed by atoms with Crippen molar-refractivity contribution in [1.82, 2.24) is 0 Å². The zero-order valence-corrected chi connectivity index (χ0v) is 24.7. The van der Waals surface area contributed by atoms with E-state index in [1.165, 1.54) is 21.3 Å². The van der Waals surface area contributed by atoms with Gasteiger partial charge in [0.25, 0.3) is 5.91 Å². The summed E-state index contributed by atoms with van der Waals surface area (Å²) in [6.07, 6.45) is 1.07. The van der Waals surface area contributed by atoms with Crippen molar-refractivity contribution in [2.24, 2.45) is 5.41 Å². The number of nitrogens with zero attached hydrogens (tertiary/aromatic N) is 2. The molecule has 1 amide bonds. The number of ether oxygens (including phenoxy) is 3. The lowest BCUT2D eigenvalue weighted by molar-refractivity contribution is -0.118. The number of ketones is 1. The van der Waals surface area contributed by atoms with Crippen LogP contribution < -0.4 is 29.3 Å². The van der Waals surface area contributed by atoms with Gasteiger partial charge in [0.15, 0.2) is 17.3 Å². The Morgan fingerprint density at radius 3 is 2.15 bits per heavy atom. The minimum absolute atomic E-state index is 0.0286. The summed E-state index contributed by atoms with van der Waals surface area (Å²) in [5, 5.41) is 3.56. The van der Waals surface area contributed by atoms with Gasteiger partial charge in [0.1, 0.15) is 0 Å². The van der Waals surface area contributed by atoms with Gasteiger partial charge in [-0.3, -0.25) is 14.5 Å². The van der Waals surface area contributed by atoms with E-state index in [2.05, 4.69) is 19.2 Å². The Kier molecular flexibility index (Phi) is 7.43. The van der Waals surface area contributed by atoms with Crippen LogP contribution in [-0.4, -0.2) is 47.1 Å². The molecule has 1 aliphatic carbocycles. The summed E-state index contributed by atoms with van der Waals surface area (Å²) in [5.41, 5.74) is 4.89. The Bertz CT molecular complexity index is 1500. The van der Waals surface area contributed by atoms with Crippen molar-refractivity contribution in [2.45, 2.75) is 32.7 Å². The Morgan fingerprint density at radius 1 is 0.927 bits per heavy atom. The summed E-state index contributed by atoms with van der Waals surface area (Å²) in [4.78, 5) is 32.5. The summed E-state index contributed by atoms with van der Waals surface area (Å²) in [6.45, 7) is 4.21. The first-order valence-electron chi connectivity index (χ1n) is 13.6. The lowest BCUT2D eigenvalue weighted by Crippen LogP contribution is -2.39. The summed E-state index contributed by atoms with van der Waals surface area (Å²) < 4.78 is 16.6. The lowest BCUT2D eigenvalue weighted by Gasteiger charge is -2.37. The van der Waals surface area contributed by atoms with Crippen molar-refractivity contribution in [3.63, 3.8) is 0 Å². The van der Waals surface area contributed by atoms with Crippen LogP contribution in [0.3, 0.4) is 0 Å². The normalized spacial score (nSPS) is 17.6. The Hall–Kier alpha value is -4.46. The van der Waals surface area contributed by atoms with Crippen molar-refractivity contribution in [1.29, 1.82) is 0 Å². The number of allylic oxidation sites excluding steroid dienone is 1. The molecule has 1 N–H and O–H groups in total. The van der Waals surface area contributed by atoms with E-state index in [0.29, 0.717) is 46.9 Å². The topological polar surface area (TPSA) is 80.3 Å². The van der Waals surface area contributed by atoms with Crippen molar-refractivity contribution < 1.29 is 23.8 Å². The number of hydrogen-bond donors (Lipinski definition) is 1. The summed E-state index contributed by atoms with van der Waals surface area (Å²) in [5.74, 6) is 0.875. The second-order valence-corrected chi connectivity index (χ2v) is 11.5. The molecule has 3 aromatic carbocycles.